The summed E-state index contributed by atoms with van der Waals surface area (Å²) in [6.45, 7) is 4.21. The number of nitrogens with zero attached hydrogens (tertiary/aromatic N) is 2. The first kappa shape index (κ1) is 18.3. The van der Waals surface area contributed by atoms with Gasteiger partial charge in [-0.25, -0.2) is 4.98 Å². The molecule has 138 valence electrons. The highest BCUT2D eigenvalue weighted by molar-refractivity contribution is 9.10. The fraction of sp³-hybridized carbons (Fsp3) is 0.0870. The fourth-order valence-electron chi connectivity index (χ4n) is 3.32. The Morgan fingerprint density at radius 2 is 1.71 bits per heavy atom. The molecule has 0 unspecified atom stereocenters. The molecule has 0 radical (unpaired) electrons. The average Bonchev–Trinajstić information content (AvgIpc) is 2.71. The van der Waals surface area contributed by atoms with E-state index in [1.54, 1.807) is 12.4 Å². The van der Waals surface area contributed by atoms with Gasteiger partial charge in [0, 0.05) is 33.5 Å². The van der Waals surface area contributed by atoms with Crippen molar-refractivity contribution in [2.75, 3.05) is 5.32 Å². The number of pyridine rings is 2. The Bertz CT molecular complexity index is 1200. The largest absolute Gasteiger partial charge is 0.338 e. The molecule has 4 rings (SSSR count). The third kappa shape index (κ3) is 3.29. The number of carbonyl (C=O) groups is 1. The van der Waals surface area contributed by atoms with E-state index in [4.69, 9.17) is 0 Å². The lowest BCUT2D eigenvalue weighted by Gasteiger charge is -2.16. The standard InChI is InChI=1S/C23H18BrN3O/c1-14-18(5-3-7-20(14)24)19-6-4-8-21(15(19)2)27-23-22-17(9-10-25-23)11-16(13-28)12-26-22/h3-13H,1-2H3,(H,25,27). The van der Waals surface area contributed by atoms with E-state index in [9.17, 15) is 4.79 Å². The van der Waals surface area contributed by atoms with E-state index >= 15 is 0 Å². The summed E-state index contributed by atoms with van der Waals surface area (Å²) >= 11 is 3.62. The first-order chi connectivity index (χ1) is 13.6. The summed E-state index contributed by atoms with van der Waals surface area (Å²) in [7, 11) is 0. The minimum Gasteiger partial charge on any atom is -0.338 e. The number of anilines is 2. The van der Waals surface area contributed by atoms with E-state index in [1.165, 1.54) is 16.7 Å². The molecular formula is C23H18BrN3O. The Balaban J connectivity index is 1.79. The summed E-state index contributed by atoms with van der Waals surface area (Å²) in [6.07, 6.45) is 4.09. The molecule has 0 spiro atoms. The van der Waals surface area contributed by atoms with Gasteiger partial charge in [-0.05, 0) is 60.4 Å². The van der Waals surface area contributed by atoms with Crippen LogP contribution in [0, 0.1) is 13.8 Å². The molecule has 5 heteroatoms. The molecule has 4 nitrogen and oxygen atoms in total. The van der Waals surface area contributed by atoms with Crippen LogP contribution in [0.25, 0.3) is 22.0 Å². The number of halogens is 1. The summed E-state index contributed by atoms with van der Waals surface area (Å²) in [5.41, 5.74) is 6.94. The Labute approximate surface area is 171 Å². The molecule has 1 N–H and O–H groups in total. The summed E-state index contributed by atoms with van der Waals surface area (Å²) < 4.78 is 1.09. The number of hydrogen-bond acceptors (Lipinski definition) is 4. The number of rotatable bonds is 4. The van der Waals surface area contributed by atoms with Gasteiger partial charge in [-0.3, -0.25) is 9.78 Å². The maximum absolute atomic E-state index is 11.0. The van der Waals surface area contributed by atoms with Gasteiger partial charge in [0.25, 0.3) is 0 Å². The molecule has 4 aromatic rings. The van der Waals surface area contributed by atoms with Crippen LogP contribution in [0.5, 0.6) is 0 Å². The van der Waals surface area contributed by atoms with E-state index < -0.39 is 0 Å². The van der Waals surface area contributed by atoms with E-state index in [2.05, 4.69) is 63.3 Å². The summed E-state index contributed by atoms with van der Waals surface area (Å²) in [4.78, 5) is 19.9. The second-order valence-electron chi connectivity index (χ2n) is 6.63. The van der Waals surface area contributed by atoms with Gasteiger partial charge in [0.2, 0.25) is 0 Å². The van der Waals surface area contributed by atoms with Crippen molar-refractivity contribution in [1.82, 2.24) is 9.97 Å². The number of aromatic nitrogens is 2. The van der Waals surface area contributed by atoms with Crippen LogP contribution in [0.1, 0.15) is 21.5 Å². The number of hydrogen-bond donors (Lipinski definition) is 1. The van der Waals surface area contributed by atoms with Crippen LogP contribution in [-0.2, 0) is 0 Å². The number of benzene rings is 2. The molecule has 2 heterocycles. The summed E-state index contributed by atoms with van der Waals surface area (Å²) in [6, 6.07) is 16.1. The quantitative estimate of drug-likeness (QED) is 0.389. The van der Waals surface area contributed by atoms with E-state index in [0.717, 1.165) is 32.9 Å². The molecular weight excluding hydrogens is 414 g/mol. The molecule has 2 aromatic heterocycles. The van der Waals surface area contributed by atoms with Crippen molar-refractivity contribution in [1.29, 1.82) is 0 Å². The highest BCUT2D eigenvalue weighted by Gasteiger charge is 2.12. The molecule has 2 aromatic carbocycles. The molecule has 0 amide bonds. The lowest BCUT2D eigenvalue weighted by molar-refractivity contribution is 0.112. The average molecular weight is 432 g/mol. The maximum atomic E-state index is 11.0. The molecule has 0 aliphatic heterocycles. The van der Waals surface area contributed by atoms with Gasteiger partial charge in [-0.15, -0.1) is 0 Å². The second kappa shape index (κ2) is 7.52. The highest BCUT2D eigenvalue weighted by Crippen LogP contribution is 2.35. The minimum absolute atomic E-state index is 0.549. The zero-order valence-corrected chi connectivity index (χ0v) is 17.1. The molecule has 0 atom stereocenters. The summed E-state index contributed by atoms with van der Waals surface area (Å²) in [5, 5.41) is 4.30. The normalized spacial score (nSPS) is 10.8. The third-order valence-corrected chi connectivity index (χ3v) is 5.76. The zero-order chi connectivity index (χ0) is 19.7. The van der Waals surface area contributed by atoms with Crippen molar-refractivity contribution < 1.29 is 4.79 Å². The number of aldehydes is 1. The van der Waals surface area contributed by atoms with Crippen LogP contribution >= 0.6 is 15.9 Å². The van der Waals surface area contributed by atoms with Gasteiger partial charge >= 0.3 is 0 Å². The van der Waals surface area contributed by atoms with E-state index in [0.29, 0.717) is 11.4 Å². The Morgan fingerprint density at radius 3 is 2.50 bits per heavy atom. The monoisotopic (exact) mass is 431 g/mol. The van der Waals surface area contributed by atoms with E-state index in [-0.39, 0.29) is 0 Å². The SMILES string of the molecule is Cc1c(Br)cccc1-c1cccc(Nc2nccc3cc(C=O)cnc23)c1C. The maximum Gasteiger partial charge on any atom is 0.156 e. The minimum atomic E-state index is 0.549. The van der Waals surface area contributed by atoms with Crippen molar-refractivity contribution in [2.24, 2.45) is 0 Å². The van der Waals surface area contributed by atoms with Crippen molar-refractivity contribution in [3.05, 3.63) is 82.1 Å². The Kier molecular flexibility index (Phi) is 4.92. The molecule has 0 fully saturated rings. The Hall–Kier alpha value is -3.05. The van der Waals surface area contributed by atoms with Gasteiger partial charge in [-0.1, -0.05) is 40.2 Å². The van der Waals surface area contributed by atoms with Crippen molar-refractivity contribution in [2.45, 2.75) is 13.8 Å². The topological polar surface area (TPSA) is 54.9 Å². The molecule has 28 heavy (non-hydrogen) atoms. The van der Waals surface area contributed by atoms with Gasteiger partial charge in [0.1, 0.15) is 5.52 Å². The fourth-order valence-corrected chi connectivity index (χ4v) is 3.69. The van der Waals surface area contributed by atoms with Crippen LogP contribution in [0.3, 0.4) is 0 Å². The van der Waals surface area contributed by atoms with Crippen LogP contribution in [0.4, 0.5) is 11.5 Å². The first-order valence-corrected chi connectivity index (χ1v) is 9.70. The lowest BCUT2D eigenvalue weighted by Crippen LogP contribution is -1.99. The molecule has 0 aliphatic rings. The van der Waals surface area contributed by atoms with Crippen molar-refractivity contribution >= 4 is 44.6 Å². The van der Waals surface area contributed by atoms with Crippen LogP contribution in [0.2, 0.25) is 0 Å². The van der Waals surface area contributed by atoms with Gasteiger partial charge < -0.3 is 5.32 Å². The molecule has 0 saturated carbocycles. The lowest BCUT2D eigenvalue weighted by atomic mass is 9.95. The van der Waals surface area contributed by atoms with Crippen LogP contribution < -0.4 is 5.32 Å². The summed E-state index contributed by atoms with van der Waals surface area (Å²) in [5.74, 6) is 0.668. The molecule has 0 aliphatic carbocycles. The zero-order valence-electron chi connectivity index (χ0n) is 15.5. The van der Waals surface area contributed by atoms with Gasteiger partial charge in [0.05, 0.1) is 0 Å². The van der Waals surface area contributed by atoms with Gasteiger partial charge in [0.15, 0.2) is 12.1 Å². The first-order valence-electron chi connectivity index (χ1n) is 8.90. The van der Waals surface area contributed by atoms with Crippen molar-refractivity contribution in [3.63, 3.8) is 0 Å². The van der Waals surface area contributed by atoms with Crippen LogP contribution in [0.15, 0.2) is 65.4 Å². The van der Waals surface area contributed by atoms with Crippen LogP contribution in [-0.4, -0.2) is 16.3 Å². The second-order valence-corrected chi connectivity index (χ2v) is 7.49. The molecule has 0 saturated heterocycles. The van der Waals surface area contributed by atoms with E-state index in [1.807, 2.05) is 30.3 Å². The highest BCUT2D eigenvalue weighted by atomic mass is 79.9. The van der Waals surface area contributed by atoms with Crippen molar-refractivity contribution in [3.8, 4) is 11.1 Å². The number of nitrogens with one attached hydrogen (secondary N) is 1. The molecule has 0 bridgehead atoms. The van der Waals surface area contributed by atoms with Gasteiger partial charge in [-0.2, -0.15) is 0 Å². The Morgan fingerprint density at radius 1 is 0.964 bits per heavy atom. The smallest absolute Gasteiger partial charge is 0.156 e. The third-order valence-electron chi connectivity index (χ3n) is 4.90. The predicted octanol–water partition coefficient (Wildman–Crippen LogP) is 6.23. The number of fused-ring (bicyclic) bond motifs is 1. The number of carbonyl (C=O) groups excluding carboxylic acids is 1. The predicted molar refractivity (Wildman–Crippen MR) is 117 cm³/mol.